The van der Waals surface area contributed by atoms with Gasteiger partial charge in [-0.2, -0.15) is 0 Å². The summed E-state index contributed by atoms with van der Waals surface area (Å²) in [4.78, 5) is 30.3. The van der Waals surface area contributed by atoms with E-state index in [1.807, 2.05) is 27.7 Å². The van der Waals surface area contributed by atoms with Crippen LogP contribution in [0, 0.1) is 11.6 Å². The van der Waals surface area contributed by atoms with Crippen molar-refractivity contribution in [1.29, 1.82) is 0 Å². The number of halogens is 2. The van der Waals surface area contributed by atoms with Crippen molar-refractivity contribution in [3.63, 3.8) is 0 Å². The highest BCUT2D eigenvalue weighted by Crippen LogP contribution is 2.18. The van der Waals surface area contributed by atoms with Crippen LogP contribution in [0.3, 0.4) is 0 Å². The summed E-state index contributed by atoms with van der Waals surface area (Å²) in [6.07, 6.45) is 0. The molecule has 2 aromatic rings. The van der Waals surface area contributed by atoms with Crippen molar-refractivity contribution >= 4 is 29.0 Å². The molecule has 146 valence electrons. The van der Waals surface area contributed by atoms with Gasteiger partial charge in [-0.15, -0.1) is 11.3 Å². The Balaban J connectivity index is 2.08. The van der Waals surface area contributed by atoms with Crippen LogP contribution in [0.4, 0.5) is 19.3 Å². The summed E-state index contributed by atoms with van der Waals surface area (Å²) in [5, 5.41) is 7.54. The summed E-state index contributed by atoms with van der Waals surface area (Å²) in [6, 6.07) is 2.50. The van der Waals surface area contributed by atoms with Gasteiger partial charge in [-0.25, -0.2) is 18.6 Å². The van der Waals surface area contributed by atoms with Crippen molar-refractivity contribution in [3.8, 4) is 0 Å². The Morgan fingerprint density at radius 2 is 1.89 bits per heavy atom. The second kappa shape index (κ2) is 8.90. The number of thiazole rings is 1. The van der Waals surface area contributed by atoms with Gasteiger partial charge in [0, 0.05) is 29.2 Å². The van der Waals surface area contributed by atoms with Crippen molar-refractivity contribution in [2.24, 2.45) is 0 Å². The second-order valence-corrected chi connectivity index (χ2v) is 7.48. The zero-order valence-electron chi connectivity index (χ0n) is 15.5. The minimum atomic E-state index is -1.04. The van der Waals surface area contributed by atoms with Gasteiger partial charge in [0.15, 0.2) is 11.6 Å². The van der Waals surface area contributed by atoms with E-state index in [0.717, 1.165) is 12.1 Å². The lowest BCUT2D eigenvalue weighted by Gasteiger charge is -2.26. The van der Waals surface area contributed by atoms with E-state index in [0.29, 0.717) is 10.7 Å². The summed E-state index contributed by atoms with van der Waals surface area (Å²) in [5.74, 6) is -2.29. The van der Waals surface area contributed by atoms with Gasteiger partial charge in [-0.1, -0.05) is 0 Å². The largest absolute Gasteiger partial charge is 0.349 e. The third-order valence-electron chi connectivity index (χ3n) is 3.56. The van der Waals surface area contributed by atoms with E-state index >= 15 is 0 Å². The van der Waals surface area contributed by atoms with Gasteiger partial charge in [-0.3, -0.25) is 4.79 Å². The van der Waals surface area contributed by atoms with Gasteiger partial charge in [0.25, 0.3) is 5.91 Å². The van der Waals surface area contributed by atoms with Gasteiger partial charge in [-0.05, 0) is 39.8 Å². The second-order valence-electron chi connectivity index (χ2n) is 6.54. The molecular formula is C18H22F2N4O2S. The van der Waals surface area contributed by atoms with E-state index in [9.17, 15) is 18.4 Å². The molecule has 2 rings (SSSR count). The Bertz CT molecular complexity index is 823. The molecule has 0 saturated heterocycles. The molecule has 0 bridgehead atoms. The van der Waals surface area contributed by atoms with Crippen LogP contribution in [0.1, 0.15) is 43.2 Å². The molecule has 2 N–H and O–H groups in total. The van der Waals surface area contributed by atoms with Crippen LogP contribution in [0.2, 0.25) is 0 Å². The third kappa shape index (κ3) is 5.72. The highest BCUT2D eigenvalue weighted by Gasteiger charge is 2.20. The number of hydrogen-bond donors (Lipinski definition) is 2. The van der Waals surface area contributed by atoms with Gasteiger partial charge in [0.2, 0.25) is 0 Å². The zero-order valence-corrected chi connectivity index (χ0v) is 16.4. The van der Waals surface area contributed by atoms with Gasteiger partial charge in [0.05, 0.1) is 6.54 Å². The molecule has 1 heterocycles. The molecule has 6 nitrogen and oxygen atoms in total. The molecule has 0 aliphatic heterocycles. The highest BCUT2D eigenvalue weighted by atomic mass is 32.1. The minimum Gasteiger partial charge on any atom is -0.349 e. The fraction of sp³-hybridized carbons (Fsp3) is 0.389. The molecule has 0 unspecified atom stereocenters. The Morgan fingerprint density at radius 1 is 1.19 bits per heavy atom. The van der Waals surface area contributed by atoms with E-state index in [1.54, 1.807) is 5.38 Å². The van der Waals surface area contributed by atoms with Crippen LogP contribution in [0.5, 0.6) is 0 Å². The maximum absolute atomic E-state index is 13.3. The summed E-state index contributed by atoms with van der Waals surface area (Å²) in [5.41, 5.74) is 0.453. The molecule has 0 radical (unpaired) electrons. The number of nitrogens with zero attached hydrogens (tertiary/aromatic N) is 2. The number of carbonyl (C=O) groups is 2. The maximum atomic E-state index is 13.3. The predicted octanol–water partition coefficient (Wildman–Crippen LogP) is 4.00. The van der Waals surface area contributed by atoms with E-state index in [2.05, 4.69) is 15.6 Å². The van der Waals surface area contributed by atoms with Crippen LogP contribution < -0.4 is 10.6 Å². The molecule has 0 atom stereocenters. The normalized spacial score (nSPS) is 11.0. The molecule has 3 amide bonds. The van der Waals surface area contributed by atoms with Crippen molar-refractivity contribution in [3.05, 3.63) is 45.9 Å². The Labute approximate surface area is 160 Å². The van der Waals surface area contributed by atoms with E-state index in [4.69, 9.17) is 0 Å². The number of aromatic nitrogens is 1. The molecular weight excluding hydrogens is 374 g/mol. The van der Waals surface area contributed by atoms with E-state index < -0.39 is 17.7 Å². The fourth-order valence-electron chi connectivity index (χ4n) is 2.23. The minimum absolute atomic E-state index is 0.00306. The average molecular weight is 396 g/mol. The molecule has 0 saturated carbocycles. The average Bonchev–Trinajstić information content (AvgIpc) is 3.04. The van der Waals surface area contributed by atoms with Crippen LogP contribution in [0.15, 0.2) is 23.6 Å². The molecule has 0 aliphatic carbocycles. The Morgan fingerprint density at radius 3 is 2.48 bits per heavy atom. The lowest BCUT2D eigenvalue weighted by atomic mass is 10.3. The summed E-state index contributed by atoms with van der Waals surface area (Å²) >= 11 is 1.28. The first-order valence-electron chi connectivity index (χ1n) is 8.45. The van der Waals surface area contributed by atoms with Crippen molar-refractivity contribution < 1.29 is 18.4 Å². The number of rotatable bonds is 6. The molecule has 9 heteroatoms. The number of amides is 3. The quantitative estimate of drug-likeness (QED) is 0.775. The summed E-state index contributed by atoms with van der Waals surface area (Å²) in [6.45, 7) is 7.55. The monoisotopic (exact) mass is 396 g/mol. The van der Waals surface area contributed by atoms with Gasteiger partial charge < -0.3 is 15.5 Å². The van der Waals surface area contributed by atoms with E-state index in [-0.39, 0.29) is 30.2 Å². The number of urea groups is 1. The van der Waals surface area contributed by atoms with Crippen LogP contribution in [-0.2, 0) is 6.54 Å². The number of carbonyl (C=O) groups excluding carboxylic acids is 2. The van der Waals surface area contributed by atoms with Crippen LogP contribution >= 0.6 is 11.3 Å². The SMILES string of the molecule is CC(C)NC(=O)c1csc(CN(C(=O)Nc2ccc(F)c(F)c2)C(C)C)n1. The first-order valence-corrected chi connectivity index (χ1v) is 9.33. The van der Waals surface area contributed by atoms with Crippen molar-refractivity contribution in [2.45, 2.75) is 46.3 Å². The first kappa shape index (κ1) is 20.8. The van der Waals surface area contributed by atoms with Gasteiger partial charge >= 0.3 is 6.03 Å². The fourth-order valence-corrected chi connectivity index (χ4v) is 3.00. The molecule has 1 aromatic heterocycles. The molecule has 1 aromatic carbocycles. The molecule has 0 aliphatic rings. The summed E-state index contributed by atoms with van der Waals surface area (Å²) < 4.78 is 26.3. The molecule has 0 spiro atoms. The van der Waals surface area contributed by atoms with Crippen LogP contribution in [-0.4, -0.2) is 33.9 Å². The number of anilines is 1. The molecule has 0 fully saturated rings. The number of benzene rings is 1. The van der Waals surface area contributed by atoms with Crippen LogP contribution in [0.25, 0.3) is 0 Å². The predicted molar refractivity (Wildman–Crippen MR) is 101 cm³/mol. The first-order chi connectivity index (χ1) is 12.7. The van der Waals surface area contributed by atoms with Crippen molar-refractivity contribution in [2.75, 3.05) is 5.32 Å². The zero-order chi connectivity index (χ0) is 20.1. The Kier molecular flexibility index (Phi) is 6.84. The summed E-state index contributed by atoms with van der Waals surface area (Å²) in [7, 11) is 0. The Hall–Kier alpha value is -2.55. The standard InChI is InChI=1S/C18H22F2N4O2S/c1-10(2)21-17(25)15-9-27-16(23-15)8-24(11(3)4)18(26)22-12-5-6-13(19)14(20)7-12/h5-7,9-11H,8H2,1-4H3,(H,21,25)(H,22,26). The van der Waals surface area contributed by atoms with E-state index in [1.165, 1.54) is 22.3 Å². The number of hydrogen-bond acceptors (Lipinski definition) is 4. The lowest BCUT2D eigenvalue weighted by Crippen LogP contribution is -2.39. The van der Waals surface area contributed by atoms with Gasteiger partial charge in [0.1, 0.15) is 10.7 Å². The topological polar surface area (TPSA) is 74.3 Å². The third-order valence-corrected chi connectivity index (χ3v) is 4.40. The smallest absolute Gasteiger partial charge is 0.322 e. The number of nitrogens with one attached hydrogen (secondary N) is 2. The van der Waals surface area contributed by atoms with Crippen molar-refractivity contribution in [1.82, 2.24) is 15.2 Å². The maximum Gasteiger partial charge on any atom is 0.322 e. The lowest BCUT2D eigenvalue weighted by molar-refractivity contribution is 0.0938. The highest BCUT2D eigenvalue weighted by molar-refractivity contribution is 7.09. The molecule has 27 heavy (non-hydrogen) atoms.